The summed E-state index contributed by atoms with van der Waals surface area (Å²) in [4.78, 5) is 18.0. The number of nitrogens with zero attached hydrogens (tertiary/aromatic N) is 1. The number of ether oxygens (including phenoxy) is 1. The van der Waals surface area contributed by atoms with Crippen LogP contribution in [0, 0.1) is 6.92 Å². The Balaban J connectivity index is 1.81. The normalized spacial score (nSPS) is 11.9. The molecule has 0 spiro atoms. The summed E-state index contributed by atoms with van der Waals surface area (Å²) < 4.78 is 5.84. The molecular weight excluding hydrogens is 346 g/mol. The number of aromatic nitrogens is 1. The van der Waals surface area contributed by atoms with Crippen molar-refractivity contribution in [1.29, 1.82) is 0 Å². The third kappa shape index (κ3) is 3.39. The van der Waals surface area contributed by atoms with Crippen molar-refractivity contribution < 1.29 is 9.53 Å². The molecule has 138 valence electrons. The maximum atomic E-state index is 13.2. The third-order valence-corrected chi connectivity index (χ3v) is 4.94. The molecule has 3 aromatic carbocycles. The SMILES string of the molecule is Cc1c(-c2ccccc2)nc2ccccc2c1C(=O)O[C@@H](C)c1ccccc1. The number of fused-ring (bicyclic) bond motifs is 1. The Morgan fingerprint density at radius 2 is 1.46 bits per heavy atom. The van der Waals surface area contributed by atoms with Gasteiger partial charge < -0.3 is 4.74 Å². The molecule has 0 saturated heterocycles. The molecular formula is C25H21NO2. The first-order chi connectivity index (χ1) is 13.6. The molecule has 0 saturated carbocycles. The highest BCUT2D eigenvalue weighted by Gasteiger charge is 2.22. The average Bonchev–Trinajstić information content (AvgIpc) is 2.74. The molecule has 0 amide bonds. The standard InChI is InChI=1S/C25H21NO2/c1-17-23(25(27)28-18(2)19-11-5-3-6-12-19)21-15-9-10-16-22(21)26-24(17)20-13-7-4-8-14-20/h3-16,18H,1-2H3/t18-/m0/s1. The van der Waals surface area contributed by atoms with Gasteiger partial charge in [0.15, 0.2) is 0 Å². The van der Waals surface area contributed by atoms with E-state index >= 15 is 0 Å². The van der Waals surface area contributed by atoms with E-state index in [1.54, 1.807) is 0 Å². The molecule has 28 heavy (non-hydrogen) atoms. The molecule has 0 fully saturated rings. The third-order valence-electron chi connectivity index (χ3n) is 4.94. The Morgan fingerprint density at radius 1 is 0.857 bits per heavy atom. The van der Waals surface area contributed by atoms with Crippen molar-refractivity contribution in [3.05, 3.63) is 102 Å². The fraction of sp³-hybridized carbons (Fsp3) is 0.120. The van der Waals surface area contributed by atoms with Crippen molar-refractivity contribution >= 4 is 16.9 Å². The highest BCUT2D eigenvalue weighted by atomic mass is 16.5. The first-order valence-corrected chi connectivity index (χ1v) is 9.36. The summed E-state index contributed by atoms with van der Waals surface area (Å²) in [7, 11) is 0. The molecule has 0 aliphatic rings. The van der Waals surface area contributed by atoms with E-state index in [2.05, 4.69) is 0 Å². The van der Waals surface area contributed by atoms with Gasteiger partial charge in [0.05, 0.1) is 16.8 Å². The van der Waals surface area contributed by atoms with Gasteiger partial charge in [0.25, 0.3) is 0 Å². The number of pyridine rings is 1. The lowest BCUT2D eigenvalue weighted by Crippen LogP contribution is -2.12. The van der Waals surface area contributed by atoms with Crippen LogP contribution < -0.4 is 0 Å². The van der Waals surface area contributed by atoms with Gasteiger partial charge >= 0.3 is 5.97 Å². The van der Waals surface area contributed by atoms with Gasteiger partial charge in [-0.05, 0) is 31.0 Å². The molecule has 0 unspecified atom stereocenters. The van der Waals surface area contributed by atoms with Gasteiger partial charge in [0, 0.05) is 10.9 Å². The largest absolute Gasteiger partial charge is 0.454 e. The fourth-order valence-electron chi connectivity index (χ4n) is 3.46. The number of carbonyl (C=O) groups excluding carboxylic acids is 1. The minimum absolute atomic E-state index is 0.329. The molecule has 0 aliphatic carbocycles. The number of para-hydroxylation sites is 1. The summed E-state index contributed by atoms with van der Waals surface area (Å²) in [5, 5.41) is 0.810. The van der Waals surface area contributed by atoms with Crippen LogP contribution in [0.3, 0.4) is 0 Å². The molecule has 1 aromatic heterocycles. The van der Waals surface area contributed by atoms with Gasteiger partial charge in [-0.1, -0.05) is 78.9 Å². The van der Waals surface area contributed by atoms with E-state index in [1.165, 1.54) is 0 Å². The molecule has 1 atom stereocenters. The lowest BCUT2D eigenvalue weighted by atomic mass is 9.97. The summed E-state index contributed by atoms with van der Waals surface area (Å²) in [6.45, 7) is 3.83. The van der Waals surface area contributed by atoms with Gasteiger partial charge in [0.1, 0.15) is 6.10 Å². The number of esters is 1. The Hall–Kier alpha value is -3.46. The smallest absolute Gasteiger partial charge is 0.339 e. The molecule has 4 rings (SSSR count). The number of benzene rings is 3. The summed E-state index contributed by atoms with van der Waals surface area (Å²) in [5.41, 5.74) is 4.94. The number of hydrogen-bond acceptors (Lipinski definition) is 3. The lowest BCUT2D eigenvalue weighted by Gasteiger charge is -2.17. The maximum Gasteiger partial charge on any atom is 0.339 e. The number of rotatable bonds is 4. The van der Waals surface area contributed by atoms with Crippen LogP contribution in [0.1, 0.15) is 34.5 Å². The number of carbonyl (C=O) groups is 1. The minimum atomic E-state index is -0.333. The molecule has 1 heterocycles. The van der Waals surface area contributed by atoms with Gasteiger partial charge in [-0.25, -0.2) is 9.78 Å². The summed E-state index contributed by atoms with van der Waals surface area (Å²) >= 11 is 0. The Kier molecular flexibility index (Phi) is 4.90. The van der Waals surface area contributed by atoms with Crippen LogP contribution in [0.4, 0.5) is 0 Å². The predicted molar refractivity (Wildman–Crippen MR) is 112 cm³/mol. The van der Waals surface area contributed by atoms with Crippen LogP contribution in [0.2, 0.25) is 0 Å². The average molecular weight is 367 g/mol. The summed E-state index contributed by atoms with van der Waals surface area (Å²) in [6, 6.07) is 27.4. The van der Waals surface area contributed by atoms with Crippen molar-refractivity contribution in [3.63, 3.8) is 0 Å². The second-order valence-corrected chi connectivity index (χ2v) is 6.80. The summed E-state index contributed by atoms with van der Waals surface area (Å²) in [5.74, 6) is -0.329. The summed E-state index contributed by atoms with van der Waals surface area (Å²) in [6.07, 6.45) is -0.333. The zero-order valence-corrected chi connectivity index (χ0v) is 15.9. The molecule has 3 nitrogen and oxygen atoms in total. The quantitative estimate of drug-likeness (QED) is 0.407. The molecule has 0 bridgehead atoms. The number of hydrogen-bond donors (Lipinski definition) is 0. The van der Waals surface area contributed by atoms with E-state index in [1.807, 2.05) is 98.8 Å². The Bertz CT molecular complexity index is 1120. The first-order valence-electron chi connectivity index (χ1n) is 9.36. The van der Waals surface area contributed by atoms with E-state index in [4.69, 9.17) is 9.72 Å². The fourth-order valence-corrected chi connectivity index (χ4v) is 3.46. The van der Waals surface area contributed by atoms with E-state index in [-0.39, 0.29) is 12.1 Å². The molecule has 4 aromatic rings. The van der Waals surface area contributed by atoms with Gasteiger partial charge in [0.2, 0.25) is 0 Å². The van der Waals surface area contributed by atoms with Gasteiger partial charge in [-0.15, -0.1) is 0 Å². The van der Waals surface area contributed by atoms with Crippen molar-refractivity contribution in [3.8, 4) is 11.3 Å². The van der Waals surface area contributed by atoms with E-state index in [0.29, 0.717) is 5.56 Å². The van der Waals surface area contributed by atoms with Crippen LogP contribution in [-0.4, -0.2) is 11.0 Å². The van der Waals surface area contributed by atoms with E-state index in [0.717, 1.165) is 33.3 Å². The van der Waals surface area contributed by atoms with Crippen LogP contribution in [0.15, 0.2) is 84.9 Å². The lowest BCUT2D eigenvalue weighted by molar-refractivity contribution is 0.0339. The topological polar surface area (TPSA) is 39.2 Å². The van der Waals surface area contributed by atoms with Gasteiger partial charge in [-0.2, -0.15) is 0 Å². The zero-order valence-electron chi connectivity index (χ0n) is 15.9. The maximum absolute atomic E-state index is 13.2. The Morgan fingerprint density at radius 3 is 2.18 bits per heavy atom. The highest BCUT2D eigenvalue weighted by molar-refractivity contribution is 6.06. The van der Waals surface area contributed by atoms with Crippen molar-refractivity contribution in [2.75, 3.05) is 0 Å². The minimum Gasteiger partial charge on any atom is -0.454 e. The van der Waals surface area contributed by atoms with Crippen LogP contribution in [0.25, 0.3) is 22.2 Å². The van der Waals surface area contributed by atoms with Gasteiger partial charge in [-0.3, -0.25) is 0 Å². The Labute approximate surface area is 164 Å². The second-order valence-electron chi connectivity index (χ2n) is 6.80. The van der Waals surface area contributed by atoms with E-state index < -0.39 is 0 Å². The zero-order chi connectivity index (χ0) is 19.5. The van der Waals surface area contributed by atoms with Crippen molar-refractivity contribution in [2.24, 2.45) is 0 Å². The molecule has 0 radical (unpaired) electrons. The second kappa shape index (κ2) is 7.65. The first kappa shape index (κ1) is 17.9. The van der Waals surface area contributed by atoms with Crippen molar-refractivity contribution in [1.82, 2.24) is 4.98 Å². The van der Waals surface area contributed by atoms with Crippen LogP contribution in [0.5, 0.6) is 0 Å². The molecule has 0 N–H and O–H groups in total. The van der Waals surface area contributed by atoms with Crippen molar-refractivity contribution in [2.45, 2.75) is 20.0 Å². The van der Waals surface area contributed by atoms with E-state index in [9.17, 15) is 4.79 Å². The predicted octanol–water partition coefficient (Wildman–Crippen LogP) is 6.13. The highest BCUT2D eigenvalue weighted by Crippen LogP contribution is 2.31. The molecule has 0 aliphatic heterocycles. The monoisotopic (exact) mass is 367 g/mol. The molecule has 3 heteroatoms. The van der Waals surface area contributed by atoms with Crippen LogP contribution in [-0.2, 0) is 4.74 Å². The van der Waals surface area contributed by atoms with Crippen LogP contribution >= 0.6 is 0 Å².